The minimum atomic E-state index is -0.383. The van der Waals surface area contributed by atoms with Crippen molar-refractivity contribution >= 4 is 34.1 Å². The summed E-state index contributed by atoms with van der Waals surface area (Å²) < 4.78 is 16.1. The number of nitrogens with one attached hydrogen (secondary N) is 1. The summed E-state index contributed by atoms with van der Waals surface area (Å²) in [6, 6.07) is 6.40. The predicted octanol–water partition coefficient (Wildman–Crippen LogP) is 4.06. The number of halogens is 2. The molecule has 0 aliphatic carbocycles. The van der Waals surface area contributed by atoms with Gasteiger partial charge in [-0.3, -0.25) is 14.5 Å². The smallest absolute Gasteiger partial charge is 0.239 e. The second kappa shape index (κ2) is 9.15. The van der Waals surface area contributed by atoms with E-state index in [4.69, 9.17) is 17.3 Å². The summed E-state index contributed by atoms with van der Waals surface area (Å²) in [4.78, 5) is 23.5. The molecule has 0 saturated carbocycles. The Morgan fingerprint density at radius 3 is 2.75 bits per heavy atom. The zero-order valence-corrected chi connectivity index (χ0v) is 20.2. The fourth-order valence-electron chi connectivity index (χ4n) is 5.11. The molecule has 2 fully saturated rings. The van der Waals surface area contributed by atoms with Gasteiger partial charge in [0.15, 0.2) is 0 Å². The number of hydrogen-bond donors (Lipinski definition) is 2. The number of fused-ring (bicyclic) bond motifs is 1. The topological polar surface area (TPSA) is 102 Å². The van der Waals surface area contributed by atoms with Gasteiger partial charge in [0, 0.05) is 70.7 Å². The normalized spacial score (nSPS) is 19.9. The summed E-state index contributed by atoms with van der Waals surface area (Å²) in [6.45, 7) is 2.40. The van der Waals surface area contributed by atoms with E-state index in [-0.39, 0.29) is 23.8 Å². The first kappa shape index (κ1) is 22.9. The van der Waals surface area contributed by atoms with E-state index in [0.29, 0.717) is 45.8 Å². The third-order valence-electron chi connectivity index (χ3n) is 7.12. The van der Waals surface area contributed by atoms with Crippen LogP contribution in [0, 0.1) is 5.82 Å². The van der Waals surface area contributed by atoms with Crippen LogP contribution in [0.4, 0.5) is 10.2 Å². The van der Waals surface area contributed by atoms with Gasteiger partial charge in [0.05, 0.1) is 24.0 Å². The fraction of sp³-hybridized carbons (Fsp3) is 0.308. The van der Waals surface area contributed by atoms with Gasteiger partial charge in [-0.1, -0.05) is 11.6 Å². The molecule has 184 valence electrons. The summed E-state index contributed by atoms with van der Waals surface area (Å²) in [5, 5.41) is 9.28. The first-order chi connectivity index (χ1) is 17.5. The number of benzene rings is 1. The molecule has 36 heavy (non-hydrogen) atoms. The van der Waals surface area contributed by atoms with Gasteiger partial charge >= 0.3 is 0 Å². The van der Waals surface area contributed by atoms with Crippen molar-refractivity contribution in [2.24, 2.45) is 0 Å². The molecule has 3 N–H and O–H groups in total. The van der Waals surface area contributed by atoms with E-state index in [2.05, 4.69) is 20.4 Å². The Balaban J connectivity index is 1.25. The molecular weight excluding hydrogens is 481 g/mol. The molecule has 2 aliphatic heterocycles. The molecule has 6 rings (SSSR count). The number of carbonyl (C=O) groups is 1. The van der Waals surface area contributed by atoms with E-state index in [1.54, 1.807) is 18.5 Å². The van der Waals surface area contributed by atoms with E-state index in [1.807, 2.05) is 21.8 Å². The minimum absolute atomic E-state index is 0.0932. The summed E-state index contributed by atoms with van der Waals surface area (Å²) >= 11 is 6.31. The summed E-state index contributed by atoms with van der Waals surface area (Å²) in [5.74, 6) is 0.123. The second-order valence-corrected chi connectivity index (χ2v) is 9.80. The number of hydrogen-bond acceptors (Lipinski definition) is 6. The highest BCUT2D eigenvalue weighted by Crippen LogP contribution is 2.33. The molecule has 0 radical (unpaired) electrons. The van der Waals surface area contributed by atoms with Crippen molar-refractivity contribution in [3.63, 3.8) is 0 Å². The molecule has 4 aromatic rings. The highest BCUT2D eigenvalue weighted by Gasteiger charge is 2.34. The first-order valence-corrected chi connectivity index (χ1v) is 12.4. The molecule has 2 saturated heterocycles. The number of rotatable bonds is 4. The van der Waals surface area contributed by atoms with Crippen LogP contribution in [0.1, 0.15) is 25.3 Å². The molecule has 1 aromatic carbocycles. The fourth-order valence-corrected chi connectivity index (χ4v) is 5.33. The average molecular weight is 506 g/mol. The van der Waals surface area contributed by atoms with E-state index >= 15 is 0 Å². The van der Waals surface area contributed by atoms with Crippen molar-refractivity contribution in [1.29, 1.82) is 0 Å². The van der Waals surface area contributed by atoms with Gasteiger partial charge in [0.2, 0.25) is 5.91 Å². The van der Waals surface area contributed by atoms with Gasteiger partial charge in [-0.25, -0.2) is 9.37 Å². The largest absolute Gasteiger partial charge is 0.383 e. The molecule has 2 aliphatic rings. The summed E-state index contributed by atoms with van der Waals surface area (Å²) in [5.41, 5.74) is 9.07. The lowest BCUT2D eigenvalue weighted by molar-refractivity contribution is -0.132. The predicted molar refractivity (Wildman–Crippen MR) is 137 cm³/mol. The standard InChI is InChI=1S/C26H25ClFN7O/c27-21-3-4-22(28)20-13-31-23(9-18(20)21)19-7-15(10-32-25(19)29)16-11-33-35(14-16)17-8-24(30-12-17)26(36)34-5-1-2-6-34/h3-4,7,9-11,13-14,17,24,30H,1-2,5-6,8,12H2,(H2,29,32)/t17-,24-/m0/s1. The zero-order valence-electron chi connectivity index (χ0n) is 19.5. The van der Waals surface area contributed by atoms with Crippen LogP contribution in [-0.4, -0.2) is 56.2 Å². The number of aromatic nitrogens is 4. The van der Waals surface area contributed by atoms with Crippen molar-refractivity contribution in [3.05, 3.63) is 59.9 Å². The highest BCUT2D eigenvalue weighted by atomic mass is 35.5. The monoisotopic (exact) mass is 505 g/mol. The maximum Gasteiger partial charge on any atom is 0.239 e. The van der Waals surface area contributed by atoms with Gasteiger partial charge in [0.1, 0.15) is 11.6 Å². The van der Waals surface area contributed by atoms with Crippen LogP contribution >= 0.6 is 11.6 Å². The Labute approximate surface area is 212 Å². The van der Waals surface area contributed by atoms with Crippen molar-refractivity contribution in [2.75, 3.05) is 25.4 Å². The van der Waals surface area contributed by atoms with Crippen LogP contribution in [0.3, 0.4) is 0 Å². The van der Waals surface area contributed by atoms with Gasteiger partial charge in [0.25, 0.3) is 0 Å². The van der Waals surface area contributed by atoms with Crippen LogP contribution in [0.25, 0.3) is 33.2 Å². The number of nitrogen functional groups attached to an aromatic ring is 1. The minimum Gasteiger partial charge on any atom is -0.383 e. The van der Waals surface area contributed by atoms with Crippen molar-refractivity contribution in [3.8, 4) is 22.4 Å². The SMILES string of the molecule is Nc1ncc(-c2cnn([C@@H]3CN[C@H](C(=O)N4CCCC4)C3)c2)cc1-c1cc2c(Cl)ccc(F)c2cn1. The van der Waals surface area contributed by atoms with Crippen molar-refractivity contribution < 1.29 is 9.18 Å². The Morgan fingerprint density at radius 1 is 1.08 bits per heavy atom. The van der Waals surface area contributed by atoms with Gasteiger partial charge in [-0.15, -0.1) is 0 Å². The number of pyridine rings is 2. The van der Waals surface area contributed by atoms with E-state index in [9.17, 15) is 9.18 Å². The first-order valence-electron chi connectivity index (χ1n) is 12.0. The van der Waals surface area contributed by atoms with E-state index in [0.717, 1.165) is 37.1 Å². The van der Waals surface area contributed by atoms with Crippen molar-refractivity contribution in [2.45, 2.75) is 31.3 Å². The van der Waals surface area contributed by atoms with Crippen LogP contribution < -0.4 is 11.1 Å². The lowest BCUT2D eigenvalue weighted by atomic mass is 10.0. The Kier molecular flexibility index (Phi) is 5.81. The third kappa shape index (κ3) is 4.08. The van der Waals surface area contributed by atoms with Gasteiger partial charge < -0.3 is 16.0 Å². The number of carbonyl (C=O) groups excluding carboxylic acids is 1. The van der Waals surface area contributed by atoms with Crippen LogP contribution in [0.15, 0.2) is 49.1 Å². The Bertz CT molecular complexity index is 1470. The number of amides is 1. The summed E-state index contributed by atoms with van der Waals surface area (Å²) in [7, 11) is 0. The van der Waals surface area contributed by atoms with Crippen molar-refractivity contribution in [1.82, 2.24) is 30.0 Å². The third-order valence-corrected chi connectivity index (χ3v) is 7.45. The van der Waals surface area contributed by atoms with Crippen LogP contribution in [0.2, 0.25) is 5.02 Å². The lowest BCUT2D eigenvalue weighted by Gasteiger charge is -2.19. The van der Waals surface area contributed by atoms with E-state index < -0.39 is 0 Å². The maximum absolute atomic E-state index is 14.2. The Hall–Kier alpha value is -3.56. The number of nitrogens with two attached hydrogens (primary N) is 1. The molecule has 2 atom stereocenters. The van der Waals surface area contributed by atoms with Crippen LogP contribution in [-0.2, 0) is 4.79 Å². The summed E-state index contributed by atoms with van der Waals surface area (Å²) in [6.07, 6.45) is 9.78. The molecule has 0 bridgehead atoms. The lowest BCUT2D eigenvalue weighted by Crippen LogP contribution is -2.42. The Morgan fingerprint density at radius 2 is 1.92 bits per heavy atom. The number of anilines is 1. The molecule has 10 heteroatoms. The molecule has 3 aromatic heterocycles. The van der Waals surface area contributed by atoms with Gasteiger partial charge in [-0.05, 0) is 43.5 Å². The molecule has 5 heterocycles. The van der Waals surface area contributed by atoms with Crippen LogP contribution in [0.5, 0.6) is 0 Å². The molecule has 0 spiro atoms. The molecule has 8 nitrogen and oxygen atoms in total. The average Bonchev–Trinajstić information content (AvgIpc) is 3.67. The second-order valence-electron chi connectivity index (χ2n) is 9.39. The quantitative estimate of drug-likeness (QED) is 0.433. The number of likely N-dealkylation sites (tertiary alicyclic amines) is 1. The highest BCUT2D eigenvalue weighted by molar-refractivity contribution is 6.35. The molecule has 1 amide bonds. The van der Waals surface area contributed by atoms with E-state index in [1.165, 1.54) is 18.3 Å². The molecule has 0 unspecified atom stereocenters. The number of nitrogens with zero attached hydrogens (tertiary/aromatic N) is 5. The zero-order chi connectivity index (χ0) is 24.8. The molecular formula is C26H25ClFN7O. The maximum atomic E-state index is 14.2. The van der Waals surface area contributed by atoms with Gasteiger partial charge in [-0.2, -0.15) is 5.10 Å².